The van der Waals surface area contributed by atoms with Gasteiger partial charge >= 0.3 is 0 Å². The molecule has 1 atom stereocenters. The fourth-order valence-corrected chi connectivity index (χ4v) is 3.84. The van der Waals surface area contributed by atoms with Gasteiger partial charge in [-0.25, -0.2) is 4.68 Å². The van der Waals surface area contributed by atoms with E-state index in [1.54, 1.807) is 37.4 Å². The van der Waals surface area contributed by atoms with E-state index in [1.165, 1.54) is 6.07 Å². The van der Waals surface area contributed by atoms with Crippen molar-refractivity contribution in [3.8, 4) is 11.4 Å². The molecule has 1 aromatic heterocycles. The Hall–Kier alpha value is -3.52. The highest BCUT2D eigenvalue weighted by Crippen LogP contribution is 2.33. The first kappa shape index (κ1) is 20.7. The van der Waals surface area contributed by atoms with E-state index in [9.17, 15) is 14.4 Å². The minimum absolute atomic E-state index is 0.0564. The summed E-state index contributed by atoms with van der Waals surface area (Å²) in [6.45, 7) is 1.37. The lowest BCUT2D eigenvalue weighted by molar-refractivity contribution is 0.0940. The molecule has 0 aliphatic carbocycles. The molecule has 0 saturated carbocycles. The fourth-order valence-electron chi connectivity index (χ4n) is 3.68. The van der Waals surface area contributed by atoms with E-state index >= 15 is 0 Å². The zero-order valence-corrected chi connectivity index (χ0v) is 17.6. The van der Waals surface area contributed by atoms with Crippen LogP contribution < -0.4 is 26.1 Å². The predicted octanol–water partition coefficient (Wildman–Crippen LogP) is 2.20. The maximum atomic E-state index is 12.8. The highest BCUT2D eigenvalue weighted by Gasteiger charge is 2.26. The van der Waals surface area contributed by atoms with Gasteiger partial charge in [-0.1, -0.05) is 17.7 Å². The van der Waals surface area contributed by atoms with Crippen molar-refractivity contribution in [1.29, 1.82) is 0 Å². The van der Waals surface area contributed by atoms with Gasteiger partial charge in [-0.2, -0.15) is 0 Å². The minimum Gasteiger partial charge on any atom is -0.495 e. The number of aromatic amines is 1. The van der Waals surface area contributed by atoms with Gasteiger partial charge < -0.3 is 15.0 Å². The van der Waals surface area contributed by atoms with Crippen LogP contribution in [0.5, 0.6) is 5.75 Å². The Morgan fingerprint density at radius 2 is 2.00 bits per heavy atom. The number of hydrogen-bond acceptors (Lipinski definition) is 5. The Morgan fingerprint density at radius 1 is 1.16 bits per heavy atom. The van der Waals surface area contributed by atoms with Crippen molar-refractivity contribution >= 4 is 23.2 Å². The molecular weight excluding hydrogens is 420 g/mol. The van der Waals surface area contributed by atoms with Crippen molar-refractivity contribution in [2.45, 2.75) is 12.5 Å². The Kier molecular flexibility index (Phi) is 5.81. The van der Waals surface area contributed by atoms with Crippen molar-refractivity contribution in [3.05, 3.63) is 85.9 Å². The number of hydrogen-bond donors (Lipinski definition) is 2. The molecule has 1 saturated heterocycles. The summed E-state index contributed by atoms with van der Waals surface area (Å²) in [5.74, 6) is 0.476. The molecule has 31 heavy (non-hydrogen) atoms. The van der Waals surface area contributed by atoms with Crippen LogP contribution in [0.15, 0.2) is 64.2 Å². The average molecular weight is 441 g/mol. The van der Waals surface area contributed by atoms with Gasteiger partial charge in [0, 0.05) is 41.9 Å². The predicted molar refractivity (Wildman–Crippen MR) is 119 cm³/mol. The smallest absolute Gasteiger partial charge is 0.269 e. The number of H-pyrrole nitrogens is 1. The molecule has 1 aliphatic heterocycles. The highest BCUT2D eigenvalue weighted by molar-refractivity contribution is 6.30. The molecular formula is C22H21ClN4O4. The Bertz CT molecular complexity index is 1240. The number of halogens is 1. The quantitative estimate of drug-likeness (QED) is 0.634. The maximum Gasteiger partial charge on any atom is 0.269 e. The van der Waals surface area contributed by atoms with Crippen LogP contribution in [0.1, 0.15) is 16.8 Å². The SMILES string of the molecule is COc1ccc(Cl)cc1N1CCC(NC(=O)c2cccc(-n3[nH]c(=O)ccc3=O)c2)C1. The summed E-state index contributed by atoms with van der Waals surface area (Å²) in [5.41, 5.74) is 0.900. The molecule has 0 spiro atoms. The normalized spacial score (nSPS) is 15.7. The van der Waals surface area contributed by atoms with E-state index in [2.05, 4.69) is 15.3 Å². The second-order valence-corrected chi connectivity index (χ2v) is 7.69. The number of nitrogens with zero attached hydrogens (tertiary/aromatic N) is 2. The fraction of sp³-hybridized carbons (Fsp3) is 0.227. The molecule has 0 bridgehead atoms. The van der Waals surface area contributed by atoms with Gasteiger partial charge in [0.1, 0.15) is 5.75 Å². The van der Waals surface area contributed by atoms with Gasteiger partial charge in [-0.05, 0) is 42.8 Å². The summed E-state index contributed by atoms with van der Waals surface area (Å²) in [6, 6.07) is 14.3. The van der Waals surface area contributed by atoms with Crippen molar-refractivity contribution in [2.24, 2.45) is 0 Å². The first-order chi connectivity index (χ1) is 14.9. The number of benzene rings is 2. The molecule has 4 rings (SSSR count). The summed E-state index contributed by atoms with van der Waals surface area (Å²) in [6.07, 6.45) is 0.770. The summed E-state index contributed by atoms with van der Waals surface area (Å²) in [5, 5.41) is 6.12. The van der Waals surface area contributed by atoms with Crippen molar-refractivity contribution in [2.75, 3.05) is 25.1 Å². The summed E-state index contributed by atoms with van der Waals surface area (Å²) in [7, 11) is 1.61. The first-order valence-electron chi connectivity index (χ1n) is 9.77. The number of rotatable bonds is 5. The Morgan fingerprint density at radius 3 is 2.81 bits per heavy atom. The molecule has 160 valence electrons. The van der Waals surface area contributed by atoms with Gasteiger partial charge in [-0.15, -0.1) is 0 Å². The van der Waals surface area contributed by atoms with Crippen LogP contribution in [0.2, 0.25) is 5.02 Å². The second-order valence-electron chi connectivity index (χ2n) is 7.25. The van der Waals surface area contributed by atoms with Crippen LogP contribution in [0.3, 0.4) is 0 Å². The zero-order valence-electron chi connectivity index (χ0n) is 16.8. The van der Waals surface area contributed by atoms with Gasteiger partial charge in [0.25, 0.3) is 17.0 Å². The number of carbonyl (C=O) groups is 1. The third-order valence-electron chi connectivity index (χ3n) is 5.19. The molecule has 0 radical (unpaired) electrons. The number of methoxy groups -OCH3 is 1. The first-order valence-corrected chi connectivity index (χ1v) is 10.1. The zero-order chi connectivity index (χ0) is 22.0. The van der Waals surface area contributed by atoms with Crippen LogP contribution in [-0.2, 0) is 0 Å². The molecule has 9 heteroatoms. The standard InChI is InChI=1S/C22H21ClN4O4/c1-31-19-6-5-15(23)12-18(19)26-10-9-16(13-26)24-22(30)14-3-2-4-17(11-14)27-21(29)8-7-20(28)25-27/h2-8,11-12,16H,9-10,13H2,1H3,(H,24,30)(H,25,28). The highest BCUT2D eigenvalue weighted by atomic mass is 35.5. The number of aromatic nitrogens is 2. The van der Waals surface area contributed by atoms with Crippen LogP contribution >= 0.6 is 11.6 Å². The molecule has 1 amide bonds. The topological polar surface area (TPSA) is 96.4 Å². The number of amides is 1. The van der Waals surface area contributed by atoms with Gasteiger partial charge in [0.2, 0.25) is 0 Å². The lowest BCUT2D eigenvalue weighted by atomic mass is 10.1. The molecule has 3 aromatic rings. The molecule has 1 fully saturated rings. The van der Waals surface area contributed by atoms with Crippen LogP contribution in [0.25, 0.3) is 5.69 Å². The van der Waals surface area contributed by atoms with E-state index in [0.717, 1.165) is 35.2 Å². The van der Waals surface area contributed by atoms with Crippen molar-refractivity contribution < 1.29 is 9.53 Å². The van der Waals surface area contributed by atoms with Crippen molar-refractivity contribution in [3.63, 3.8) is 0 Å². The van der Waals surface area contributed by atoms with Gasteiger partial charge in [-0.3, -0.25) is 19.5 Å². The maximum absolute atomic E-state index is 12.8. The number of anilines is 1. The molecule has 1 unspecified atom stereocenters. The average Bonchev–Trinajstić information content (AvgIpc) is 3.23. The Balaban J connectivity index is 1.49. The van der Waals surface area contributed by atoms with E-state index in [-0.39, 0.29) is 17.5 Å². The van der Waals surface area contributed by atoms with Crippen molar-refractivity contribution in [1.82, 2.24) is 15.1 Å². The van der Waals surface area contributed by atoms with Crippen LogP contribution in [-0.4, -0.2) is 41.9 Å². The largest absolute Gasteiger partial charge is 0.495 e. The lowest BCUT2D eigenvalue weighted by Crippen LogP contribution is -2.37. The number of carbonyl (C=O) groups excluding carboxylic acids is 1. The second kappa shape index (κ2) is 8.69. The number of ether oxygens (including phenoxy) is 1. The van der Waals surface area contributed by atoms with E-state index in [0.29, 0.717) is 22.8 Å². The third kappa shape index (κ3) is 4.49. The Labute approximate surface area is 183 Å². The van der Waals surface area contributed by atoms with Crippen LogP contribution in [0.4, 0.5) is 5.69 Å². The molecule has 2 aromatic carbocycles. The van der Waals surface area contributed by atoms with Gasteiger partial charge in [0.05, 0.1) is 18.5 Å². The minimum atomic E-state index is -0.406. The van der Waals surface area contributed by atoms with Crippen LogP contribution in [0, 0.1) is 0 Å². The molecule has 2 heterocycles. The molecule has 8 nitrogen and oxygen atoms in total. The molecule has 1 aliphatic rings. The van der Waals surface area contributed by atoms with E-state index < -0.39 is 5.56 Å². The summed E-state index contributed by atoms with van der Waals surface area (Å²) >= 11 is 6.14. The third-order valence-corrected chi connectivity index (χ3v) is 5.43. The summed E-state index contributed by atoms with van der Waals surface area (Å²) in [4.78, 5) is 38.6. The summed E-state index contributed by atoms with van der Waals surface area (Å²) < 4.78 is 6.54. The molecule has 2 N–H and O–H groups in total. The number of nitrogens with one attached hydrogen (secondary N) is 2. The van der Waals surface area contributed by atoms with Gasteiger partial charge in [0.15, 0.2) is 0 Å². The monoisotopic (exact) mass is 440 g/mol. The van der Waals surface area contributed by atoms with E-state index in [4.69, 9.17) is 16.3 Å². The van der Waals surface area contributed by atoms with E-state index in [1.807, 2.05) is 12.1 Å². The lowest BCUT2D eigenvalue weighted by Gasteiger charge is -2.22.